The Kier molecular flexibility index (Phi) is 6.02. The highest BCUT2D eigenvalue weighted by molar-refractivity contribution is 5.90. The van der Waals surface area contributed by atoms with Crippen LogP contribution < -0.4 is 10.1 Å². The number of nitriles is 1. The standard InChI is InChI=1S/C19H22N2O3/c1-4-15-7-9-16(10-8-15)23-11-5-6-18(22)21-19-17(12-20)13(2)14(3)24-19/h7-10H,4-6,11H2,1-3H3,(H,21,22). The molecule has 1 aromatic carbocycles. The Morgan fingerprint density at radius 3 is 2.62 bits per heavy atom. The number of nitrogens with zero attached hydrogens (tertiary/aromatic N) is 1. The number of benzene rings is 1. The van der Waals surface area contributed by atoms with Gasteiger partial charge in [-0.15, -0.1) is 0 Å². The van der Waals surface area contributed by atoms with Crippen LogP contribution in [0, 0.1) is 25.2 Å². The first-order valence-electron chi connectivity index (χ1n) is 8.06. The zero-order chi connectivity index (χ0) is 17.5. The zero-order valence-electron chi connectivity index (χ0n) is 14.3. The van der Waals surface area contributed by atoms with Crippen molar-refractivity contribution < 1.29 is 13.9 Å². The van der Waals surface area contributed by atoms with Gasteiger partial charge >= 0.3 is 0 Å². The molecule has 126 valence electrons. The molecule has 0 saturated carbocycles. The number of aryl methyl sites for hydroxylation is 2. The number of nitrogens with one attached hydrogen (secondary N) is 1. The fourth-order valence-corrected chi connectivity index (χ4v) is 2.28. The van der Waals surface area contributed by atoms with E-state index in [-0.39, 0.29) is 11.8 Å². The third-order valence-electron chi connectivity index (χ3n) is 3.90. The van der Waals surface area contributed by atoms with Crippen molar-refractivity contribution >= 4 is 11.8 Å². The smallest absolute Gasteiger partial charge is 0.226 e. The fourth-order valence-electron chi connectivity index (χ4n) is 2.28. The van der Waals surface area contributed by atoms with Crippen molar-refractivity contribution in [3.05, 3.63) is 46.7 Å². The molecule has 0 aliphatic carbocycles. The molecule has 5 nitrogen and oxygen atoms in total. The summed E-state index contributed by atoms with van der Waals surface area (Å²) in [5, 5.41) is 11.8. The van der Waals surface area contributed by atoms with Gasteiger partial charge in [-0.2, -0.15) is 5.26 Å². The first-order valence-corrected chi connectivity index (χ1v) is 8.06. The molecule has 1 aromatic heterocycles. The number of ether oxygens (including phenoxy) is 1. The van der Waals surface area contributed by atoms with Crippen molar-refractivity contribution in [2.75, 3.05) is 11.9 Å². The molecule has 2 rings (SSSR count). The summed E-state index contributed by atoms with van der Waals surface area (Å²) in [6.07, 6.45) is 1.88. The Labute approximate surface area is 142 Å². The SMILES string of the molecule is CCc1ccc(OCCCC(=O)Nc2oc(C)c(C)c2C#N)cc1. The number of hydrogen-bond donors (Lipinski definition) is 1. The van der Waals surface area contributed by atoms with Crippen LogP contribution >= 0.6 is 0 Å². The minimum absolute atomic E-state index is 0.190. The van der Waals surface area contributed by atoms with Crippen LogP contribution in [0.5, 0.6) is 5.75 Å². The average molecular weight is 326 g/mol. The van der Waals surface area contributed by atoms with E-state index in [1.165, 1.54) is 5.56 Å². The van der Waals surface area contributed by atoms with Crippen LogP contribution in [0.4, 0.5) is 5.88 Å². The lowest BCUT2D eigenvalue weighted by molar-refractivity contribution is -0.116. The van der Waals surface area contributed by atoms with Crippen LogP contribution in [0.3, 0.4) is 0 Å². The summed E-state index contributed by atoms with van der Waals surface area (Å²) in [5.41, 5.74) is 2.40. The van der Waals surface area contributed by atoms with E-state index in [9.17, 15) is 4.79 Å². The Hall–Kier alpha value is -2.74. The Balaban J connectivity index is 1.77. The van der Waals surface area contributed by atoms with Gasteiger partial charge in [-0.3, -0.25) is 10.1 Å². The number of furan rings is 1. The Morgan fingerprint density at radius 2 is 2.00 bits per heavy atom. The number of carbonyl (C=O) groups excluding carboxylic acids is 1. The van der Waals surface area contributed by atoms with E-state index in [4.69, 9.17) is 14.4 Å². The summed E-state index contributed by atoms with van der Waals surface area (Å²) < 4.78 is 11.0. The minimum atomic E-state index is -0.190. The topological polar surface area (TPSA) is 75.3 Å². The molecule has 5 heteroatoms. The van der Waals surface area contributed by atoms with Crippen molar-refractivity contribution in [2.45, 2.75) is 40.0 Å². The van der Waals surface area contributed by atoms with Gasteiger partial charge in [0.25, 0.3) is 0 Å². The van der Waals surface area contributed by atoms with Crippen molar-refractivity contribution in [1.29, 1.82) is 5.26 Å². The number of anilines is 1. The molecular formula is C19H22N2O3. The van der Waals surface area contributed by atoms with Crippen molar-refractivity contribution in [3.8, 4) is 11.8 Å². The summed E-state index contributed by atoms with van der Waals surface area (Å²) in [4.78, 5) is 12.0. The molecule has 0 bridgehead atoms. The molecule has 0 atom stereocenters. The molecule has 24 heavy (non-hydrogen) atoms. The second-order valence-electron chi connectivity index (χ2n) is 5.60. The molecule has 1 amide bonds. The summed E-state index contributed by atoms with van der Waals surface area (Å²) >= 11 is 0. The second kappa shape index (κ2) is 8.21. The highest BCUT2D eigenvalue weighted by atomic mass is 16.5. The van der Waals surface area contributed by atoms with Gasteiger partial charge in [0, 0.05) is 12.0 Å². The van der Waals surface area contributed by atoms with Gasteiger partial charge in [0.2, 0.25) is 11.8 Å². The molecule has 0 saturated heterocycles. The predicted molar refractivity (Wildman–Crippen MR) is 92.1 cm³/mol. The minimum Gasteiger partial charge on any atom is -0.494 e. The van der Waals surface area contributed by atoms with Crippen LogP contribution in [0.1, 0.15) is 42.2 Å². The summed E-state index contributed by atoms with van der Waals surface area (Å²) in [6.45, 7) is 6.13. The van der Waals surface area contributed by atoms with Gasteiger partial charge < -0.3 is 9.15 Å². The molecule has 0 radical (unpaired) electrons. The van der Waals surface area contributed by atoms with Crippen LogP contribution in [0.2, 0.25) is 0 Å². The fraction of sp³-hybridized carbons (Fsp3) is 0.368. The first-order chi connectivity index (χ1) is 11.5. The lowest BCUT2D eigenvalue weighted by atomic mass is 10.2. The summed E-state index contributed by atoms with van der Waals surface area (Å²) in [6, 6.07) is 10.00. The third kappa shape index (κ3) is 4.39. The Morgan fingerprint density at radius 1 is 1.29 bits per heavy atom. The maximum Gasteiger partial charge on any atom is 0.226 e. The molecule has 0 unspecified atom stereocenters. The maximum atomic E-state index is 12.0. The van der Waals surface area contributed by atoms with E-state index in [0.29, 0.717) is 30.8 Å². The molecular weight excluding hydrogens is 304 g/mol. The zero-order valence-corrected chi connectivity index (χ0v) is 14.3. The second-order valence-corrected chi connectivity index (χ2v) is 5.60. The lowest BCUT2D eigenvalue weighted by Gasteiger charge is -2.07. The molecule has 0 spiro atoms. The number of carbonyl (C=O) groups is 1. The van der Waals surface area contributed by atoms with Crippen LogP contribution in [0.25, 0.3) is 0 Å². The predicted octanol–water partition coefficient (Wildman–Crippen LogP) is 4.13. The average Bonchev–Trinajstić information content (AvgIpc) is 2.85. The molecule has 0 aliphatic heterocycles. The summed E-state index contributed by atoms with van der Waals surface area (Å²) in [7, 11) is 0. The van der Waals surface area contributed by atoms with Gasteiger partial charge in [-0.05, 0) is 44.4 Å². The summed E-state index contributed by atoms with van der Waals surface area (Å²) in [5.74, 6) is 1.48. The van der Waals surface area contributed by atoms with Crippen LogP contribution in [-0.2, 0) is 11.2 Å². The van der Waals surface area contributed by atoms with Gasteiger partial charge in [0.15, 0.2) is 0 Å². The molecule has 2 aromatic rings. The van der Waals surface area contributed by atoms with E-state index in [1.807, 2.05) is 24.3 Å². The molecule has 1 heterocycles. The molecule has 1 N–H and O–H groups in total. The van der Waals surface area contributed by atoms with Gasteiger partial charge in [0.1, 0.15) is 23.1 Å². The van der Waals surface area contributed by atoms with Crippen molar-refractivity contribution in [1.82, 2.24) is 0 Å². The van der Waals surface area contributed by atoms with Gasteiger partial charge in [0.05, 0.1) is 6.61 Å². The monoisotopic (exact) mass is 326 g/mol. The third-order valence-corrected chi connectivity index (χ3v) is 3.90. The lowest BCUT2D eigenvalue weighted by Crippen LogP contribution is -2.13. The van der Waals surface area contributed by atoms with E-state index < -0.39 is 0 Å². The highest BCUT2D eigenvalue weighted by Crippen LogP contribution is 2.25. The highest BCUT2D eigenvalue weighted by Gasteiger charge is 2.16. The van der Waals surface area contributed by atoms with Crippen LogP contribution in [0.15, 0.2) is 28.7 Å². The largest absolute Gasteiger partial charge is 0.494 e. The number of hydrogen-bond acceptors (Lipinski definition) is 4. The number of rotatable bonds is 7. The quantitative estimate of drug-likeness (QED) is 0.776. The first kappa shape index (κ1) is 17.6. The van der Waals surface area contributed by atoms with E-state index in [2.05, 4.69) is 18.3 Å². The van der Waals surface area contributed by atoms with E-state index >= 15 is 0 Å². The van der Waals surface area contributed by atoms with Gasteiger partial charge in [-0.25, -0.2) is 0 Å². The van der Waals surface area contributed by atoms with Gasteiger partial charge in [-0.1, -0.05) is 19.1 Å². The van der Waals surface area contributed by atoms with Crippen molar-refractivity contribution in [3.63, 3.8) is 0 Å². The Bertz CT molecular complexity index is 739. The number of amides is 1. The normalized spacial score (nSPS) is 10.2. The van der Waals surface area contributed by atoms with E-state index in [0.717, 1.165) is 17.7 Å². The molecule has 0 aliphatic rings. The molecule has 0 fully saturated rings. The van der Waals surface area contributed by atoms with Crippen LogP contribution in [-0.4, -0.2) is 12.5 Å². The van der Waals surface area contributed by atoms with Crippen molar-refractivity contribution in [2.24, 2.45) is 0 Å². The maximum absolute atomic E-state index is 12.0. The van der Waals surface area contributed by atoms with E-state index in [1.54, 1.807) is 13.8 Å².